The van der Waals surface area contributed by atoms with E-state index >= 15 is 0 Å². The summed E-state index contributed by atoms with van der Waals surface area (Å²) in [4.78, 5) is 14.3. The van der Waals surface area contributed by atoms with Gasteiger partial charge in [-0.05, 0) is 45.3 Å². The fraction of sp³-hybridized carbons (Fsp3) is 0.632. The summed E-state index contributed by atoms with van der Waals surface area (Å²) in [7, 11) is 3.51. The van der Waals surface area contributed by atoms with Gasteiger partial charge < -0.3 is 19.1 Å². The Morgan fingerprint density at radius 3 is 2.60 bits per heavy atom. The summed E-state index contributed by atoms with van der Waals surface area (Å²) >= 11 is 6.35. The Kier molecular flexibility index (Phi) is 5.16. The molecule has 0 unspecified atom stereocenters. The Hall–Kier alpha value is -1.46. The Morgan fingerprint density at radius 1 is 1.36 bits per heavy atom. The average Bonchev–Trinajstić information content (AvgIpc) is 2.99. The second kappa shape index (κ2) is 7.04. The van der Waals surface area contributed by atoms with Gasteiger partial charge in [0.15, 0.2) is 11.5 Å². The predicted octanol–water partition coefficient (Wildman–Crippen LogP) is 4.04. The molecule has 6 heteroatoms. The van der Waals surface area contributed by atoms with Gasteiger partial charge in [-0.1, -0.05) is 18.5 Å². The maximum Gasteiger partial charge on any atom is 0.338 e. The molecule has 1 heterocycles. The van der Waals surface area contributed by atoms with E-state index in [1.807, 2.05) is 6.92 Å². The molecule has 25 heavy (non-hydrogen) atoms. The number of nitrogens with zero attached hydrogens (tertiary/aromatic N) is 1. The third kappa shape index (κ3) is 3.44. The maximum atomic E-state index is 11.9. The van der Waals surface area contributed by atoms with Crippen LogP contribution < -0.4 is 9.47 Å². The number of benzene rings is 1. The minimum absolute atomic E-state index is 0.394. The zero-order chi connectivity index (χ0) is 18.2. The first-order valence-electron chi connectivity index (χ1n) is 8.87. The second-order valence-corrected chi connectivity index (χ2v) is 7.50. The Bertz CT molecular complexity index is 668. The molecule has 1 saturated carbocycles. The van der Waals surface area contributed by atoms with Gasteiger partial charge in [-0.3, -0.25) is 0 Å². The van der Waals surface area contributed by atoms with Crippen LogP contribution >= 0.6 is 11.6 Å². The highest BCUT2D eigenvalue weighted by molar-refractivity contribution is 6.32. The fourth-order valence-electron chi connectivity index (χ4n) is 3.71. The number of ether oxygens (including phenoxy) is 3. The van der Waals surface area contributed by atoms with Crippen LogP contribution in [0.2, 0.25) is 5.02 Å². The number of hydrogen-bond donors (Lipinski definition) is 0. The van der Waals surface area contributed by atoms with Gasteiger partial charge in [0.2, 0.25) is 0 Å². The topological polar surface area (TPSA) is 48.0 Å². The molecule has 1 fully saturated rings. The highest BCUT2D eigenvalue weighted by Gasteiger charge is 2.46. The monoisotopic (exact) mass is 367 g/mol. The molecule has 0 saturated heterocycles. The molecule has 0 radical (unpaired) electrons. The number of halogens is 1. The molecule has 5 nitrogen and oxygen atoms in total. The van der Waals surface area contributed by atoms with E-state index < -0.39 is 11.8 Å². The van der Waals surface area contributed by atoms with Gasteiger partial charge in [0.1, 0.15) is 0 Å². The first-order chi connectivity index (χ1) is 11.9. The van der Waals surface area contributed by atoms with Crippen LogP contribution in [0.25, 0.3) is 0 Å². The summed E-state index contributed by atoms with van der Waals surface area (Å²) in [5, 5.41) is 0.394. The molecule has 1 aromatic carbocycles. The first-order valence-corrected chi connectivity index (χ1v) is 9.25. The van der Waals surface area contributed by atoms with Crippen molar-refractivity contribution in [2.75, 3.05) is 27.2 Å². The summed E-state index contributed by atoms with van der Waals surface area (Å²) in [6, 6.07) is 1.60. The summed E-state index contributed by atoms with van der Waals surface area (Å²) in [5.41, 5.74) is 1.14. The SMILES string of the molecule is CCN(C)CC1CCC2(CC1)Oc1c(Cl)cc(C(=O)OC)c(C)c1O2. The number of esters is 1. The van der Waals surface area contributed by atoms with Gasteiger partial charge >= 0.3 is 5.97 Å². The second-order valence-electron chi connectivity index (χ2n) is 7.09. The number of methoxy groups -OCH3 is 1. The van der Waals surface area contributed by atoms with Crippen molar-refractivity contribution in [1.29, 1.82) is 0 Å². The predicted molar refractivity (Wildman–Crippen MR) is 96.6 cm³/mol. The summed E-state index contributed by atoms with van der Waals surface area (Å²) in [6.45, 7) is 6.18. The number of carbonyl (C=O) groups is 1. The molecule has 138 valence electrons. The van der Waals surface area contributed by atoms with E-state index in [4.69, 9.17) is 25.8 Å². The fourth-order valence-corrected chi connectivity index (χ4v) is 3.94. The lowest BCUT2D eigenvalue weighted by Crippen LogP contribution is -2.43. The van der Waals surface area contributed by atoms with E-state index in [2.05, 4.69) is 18.9 Å². The van der Waals surface area contributed by atoms with Crippen molar-refractivity contribution in [2.24, 2.45) is 5.92 Å². The summed E-state index contributed by atoms with van der Waals surface area (Å²) in [5.74, 6) is 0.729. The van der Waals surface area contributed by atoms with E-state index in [0.29, 0.717) is 28.0 Å². The number of hydrogen-bond acceptors (Lipinski definition) is 5. The molecule has 0 aromatic heterocycles. The molecule has 3 rings (SSSR count). The molecule has 0 N–H and O–H groups in total. The molecular weight excluding hydrogens is 342 g/mol. The Labute approximate surface area is 154 Å². The molecule has 1 aliphatic carbocycles. The Balaban J connectivity index is 1.77. The van der Waals surface area contributed by atoms with E-state index in [9.17, 15) is 4.79 Å². The highest BCUT2D eigenvalue weighted by atomic mass is 35.5. The van der Waals surface area contributed by atoms with Gasteiger partial charge in [0, 0.05) is 24.9 Å². The Morgan fingerprint density at radius 2 is 2.00 bits per heavy atom. The van der Waals surface area contributed by atoms with Crippen molar-refractivity contribution in [3.8, 4) is 11.5 Å². The largest absolute Gasteiger partial charge is 0.465 e. The lowest BCUT2D eigenvalue weighted by atomic mass is 9.85. The van der Waals surface area contributed by atoms with E-state index in [0.717, 1.165) is 44.3 Å². The van der Waals surface area contributed by atoms with Crippen molar-refractivity contribution in [3.63, 3.8) is 0 Å². The molecule has 0 atom stereocenters. The van der Waals surface area contributed by atoms with Gasteiger partial charge in [-0.25, -0.2) is 4.79 Å². The molecule has 0 bridgehead atoms. The quantitative estimate of drug-likeness (QED) is 0.751. The van der Waals surface area contributed by atoms with Crippen LogP contribution in [0.1, 0.15) is 48.5 Å². The molecule has 1 aromatic rings. The van der Waals surface area contributed by atoms with Crippen molar-refractivity contribution in [1.82, 2.24) is 4.90 Å². The lowest BCUT2D eigenvalue weighted by Gasteiger charge is -2.36. The van der Waals surface area contributed by atoms with Gasteiger partial charge in [0.05, 0.1) is 17.7 Å². The van der Waals surface area contributed by atoms with Crippen molar-refractivity contribution >= 4 is 17.6 Å². The summed E-state index contributed by atoms with van der Waals surface area (Å²) < 4.78 is 17.2. The third-order valence-corrected chi connectivity index (χ3v) is 5.68. The third-order valence-electron chi connectivity index (χ3n) is 5.40. The minimum Gasteiger partial charge on any atom is -0.465 e. The molecule has 1 aliphatic heterocycles. The van der Waals surface area contributed by atoms with Crippen molar-refractivity contribution < 1.29 is 19.0 Å². The lowest BCUT2D eigenvalue weighted by molar-refractivity contribution is -0.115. The van der Waals surface area contributed by atoms with Crippen LogP contribution in [0.15, 0.2) is 6.07 Å². The van der Waals surface area contributed by atoms with Crippen LogP contribution in [-0.4, -0.2) is 43.9 Å². The van der Waals surface area contributed by atoms with E-state index in [1.54, 1.807) is 6.07 Å². The average molecular weight is 368 g/mol. The zero-order valence-corrected chi connectivity index (χ0v) is 16.1. The first kappa shape index (κ1) is 18.3. The number of rotatable bonds is 4. The van der Waals surface area contributed by atoms with E-state index in [-0.39, 0.29) is 0 Å². The maximum absolute atomic E-state index is 11.9. The molecular formula is C19H26ClNO4. The minimum atomic E-state index is -0.646. The van der Waals surface area contributed by atoms with Crippen molar-refractivity contribution in [3.05, 3.63) is 22.2 Å². The summed E-state index contributed by atoms with van der Waals surface area (Å²) in [6.07, 6.45) is 3.76. The smallest absolute Gasteiger partial charge is 0.338 e. The standard InChI is InChI=1S/C19H26ClNO4/c1-5-21(3)11-13-6-8-19(9-7-13)24-16-12(2)14(18(22)23-4)10-15(20)17(16)25-19/h10,13H,5-9,11H2,1-4H3. The van der Waals surface area contributed by atoms with Gasteiger partial charge in [-0.15, -0.1) is 0 Å². The molecule has 0 amide bonds. The number of carbonyl (C=O) groups excluding carboxylic acids is 1. The van der Waals surface area contributed by atoms with Crippen molar-refractivity contribution in [2.45, 2.75) is 45.3 Å². The number of fused-ring (bicyclic) bond motifs is 1. The normalized spacial score (nSPS) is 24.8. The zero-order valence-electron chi connectivity index (χ0n) is 15.4. The van der Waals surface area contributed by atoms with Crippen LogP contribution in [0.4, 0.5) is 0 Å². The van der Waals surface area contributed by atoms with E-state index in [1.165, 1.54) is 7.11 Å². The van der Waals surface area contributed by atoms with Crippen LogP contribution in [0.5, 0.6) is 11.5 Å². The van der Waals surface area contributed by atoms with Crippen LogP contribution in [0.3, 0.4) is 0 Å². The molecule has 2 aliphatic rings. The van der Waals surface area contributed by atoms with Crippen LogP contribution in [0, 0.1) is 12.8 Å². The van der Waals surface area contributed by atoms with Gasteiger partial charge in [0.25, 0.3) is 5.79 Å². The molecule has 1 spiro atoms. The highest BCUT2D eigenvalue weighted by Crippen LogP contribution is 2.52. The van der Waals surface area contributed by atoms with Gasteiger partial charge in [-0.2, -0.15) is 0 Å². The van der Waals surface area contributed by atoms with Crippen LogP contribution in [-0.2, 0) is 4.74 Å².